The number of anilines is 2. The zero-order valence-corrected chi connectivity index (χ0v) is 26.1. The van der Waals surface area contributed by atoms with E-state index in [4.69, 9.17) is 20.9 Å². The summed E-state index contributed by atoms with van der Waals surface area (Å²) in [5, 5.41) is 22.5. The van der Waals surface area contributed by atoms with Crippen LogP contribution in [0.4, 0.5) is 34.6 Å². The molecule has 1 aromatic heterocycles. The number of azo groups is 2. The molecular weight excluding hydrogens is 578 g/mol. The normalized spacial score (nSPS) is 18.0. The number of ether oxygens (including phenoxy) is 2. The van der Waals surface area contributed by atoms with Crippen molar-refractivity contribution in [1.29, 1.82) is 0 Å². The zero-order chi connectivity index (χ0) is 32.1. The fourth-order valence-corrected chi connectivity index (χ4v) is 5.69. The van der Waals surface area contributed by atoms with Crippen molar-refractivity contribution in [3.8, 4) is 0 Å². The first-order valence-electron chi connectivity index (χ1n) is 14.8. The Morgan fingerprint density at radius 2 is 1.38 bits per heavy atom. The first-order valence-corrected chi connectivity index (χ1v) is 14.8. The smallest absolute Gasteiger partial charge is 0.379 e. The van der Waals surface area contributed by atoms with Gasteiger partial charge in [0, 0.05) is 70.7 Å². The molecule has 15 nitrogen and oxygen atoms in total. The Morgan fingerprint density at radius 3 is 1.89 bits per heavy atom. The third kappa shape index (κ3) is 7.49. The average Bonchev–Trinajstić information content (AvgIpc) is 3.36. The van der Waals surface area contributed by atoms with Gasteiger partial charge in [-0.25, -0.2) is 4.57 Å². The second-order valence-corrected chi connectivity index (χ2v) is 11.3. The number of nitrogens with two attached hydrogens (primary N) is 2. The first-order chi connectivity index (χ1) is 21.6. The first kappa shape index (κ1) is 31.7. The number of aromatic nitrogens is 3. The standard InChI is InChI=1S/C30H39N11O4/c1-38-17-23(44-3)15-19-13-21(5-7-25(19)38)33-35-29-37-41(12-10-28(32)43)30(40(29)11-9-27(31)42)36-34-22-6-8-26-20(14-22)16-24(45-4)18-39(26)2/h5-8,13-14,23-24H,9-12,15-18H2,1-4H3,(H3-,31,32,42,43)/p+1. The van der Waals surface area contributed by atoms with Gasteiger partial charge in [0.1, 0.15) is 0 Å². The lowest BCUT2D eigenvalue weighted by Crippen LogP contribution is -2.36. The van der Waals surface area contributed by atoms with Crippen molar-refractivity contribution >= 4 is 46.5 Å². The molecule has 0 bridgehead atoms. The van der Waals surface area contributed by atoms with Crippen LogP contribution in [0, 0.1) is 0 Å². The molecule has 2 atom stereocenters. The Kier molecular flexibility index (Phi) is 9.78. The van der Waals surface area contributed by atoms with E-state index in [0.29, 0.717) is 11.4 Å². The van der Waals surface area contributed by atoms with Gasteiger partial charge in [-0.2, -0.15) is 0 Å². The maximum atomic E-state index is 11.8. The van der Waals surface area contributed by atoms with Crippen LogP contribution in [0.3, 0.4) is 0 Å². The number of carbonyl (C=O) groups is 2. The van der Waals surface area contributed by atoms with Crippen molar-refractivity contribution < 1.29 is 23.6 Å². The highest BCUT2D eigenvalue weighted by Crippen LogP contribution is 2.33. The van der Waals surface area contributed by atoms with E-state index in [0.717, 1.165) is 48.4 Å². The topological polar surface area (TPSA) is 182 Å². The van der Waals surface area contributed by atoms with E-state index in [9.17, 15) is 9.59 Å². The minimum Gasteiger partial charge on any atom is -0.379 e. The van der Waals surface area contributed by atoms with Crippen LogP contribution >= 0.6 is 0 Å². The van der Waals surface area contributed by atoms with Gasteiger partial charge in [-0.15, -0.1) is 14.9 Å². The number of carbonyl (C=O) groups excluding carboxylic acids is 2. The summed E-state index contributed by atoms with van der Waals surface area (Å²) in [5.74, 6) is -0.559. The molecule has 0 saturated carbocycles. The van der Waals surface area contributed by atoms with E-state index in [2.05, 4.69) is 35.4 Å². The van der Waals surface area contributed by atoms with Gasteiger partial charge in [0.05, 0.1) is 49.5 Å². The number of amides is 2. The molecule has 2 amide bonds. The van der Waals surface area contributed by atoms with E-state index < -0.39 is 11.8 Å². The summed E-state index contributed by atoms with van der Waals surface area (Å²) < 4.78 is 14.3. The fourth-order valence-electron chi connectivity index (χ4n) is 5.69. The van der Waals surface area contributed by atoms with Crippen LogP contribution in [0.2, 0.25) is 0 Å². The maximum Gasteiger partial charge on any atom is 0.404 e. The third-order valence-electron chi connectivity index (χ3n) is 8.05. The van der Waals surface area contributed by atoms with Crippen molar-refractivity contribution in [2.45, 2.75) is 51.0 Å². The van der Waals surface area contributed by atoms with Crippen molar-refractivity contribution in [1.82, 2.24) is 9.78 Å². The van der Waals surface area contributed by atoms with Gasteiger partial charge in [-0.1, -0.05) is 0 Å². The number of primary amides is 2. The highest BCUT2D eigenvalue weighted by molar-refractivity contribution is 5.74. The highest BCUT2D eigenvalue weighted by Gasteiger charge is 2.27. The number of aryl methyl sites for hydroxylation is 1. The van der Waals surface area contributed by atoms with Gasteiger partial charge in [-0.05, 0) is 57.8 Å². The molecule has 2 aromatic carbocycles. The molecule has 2 aliphatic heterocycles. The monoisotopic (exact) mass is 618 g/mol. The van der Waals surface area contributed by atoms with Crippen LogP contribution in [-0.2, 0) is 45.0 Å². The van der Waals surface area contributed by atoms with E-state index in [1.54, 1.807) is 18.8 Å². The molecule has 2 unspecified atom stereocenters. The van der Waals surface area contributed by atoms with Crippen LogP contribution in [0.5, 0.6) is 0 Å². The summed E-state index contributed by atoms with van der Waals surface area (Å²) in [7, 11) is 7.48. The summed E-state index contributed by atoms with van der Waals surface area (Å²) in [5.41, 5.74) is 16.6. The molecule has 0 spiro atoms. The zero-order valence-electron chi connectivity index (χ0n) is 26.1. The largest absolute Gasteiger partial charge is 0.404 e. The molecule has 3 aromatic rings. The molecule has 238 valence electrons. The van der Waals surface area contributed by atoms with Crippen LogP contribution in [0.25, 0.3) is 0 Å². The molecule has 15 heteroatoms. The fraction of sp³-hybridized carbons (Fsp3) is 0.467. The second-order valence-electron chi connectivity index (χ2n) is 11.3. The van der Waals surface area contributed by atoms with Crippen LogP contribution in [0.1, 0.15) is 24.0 Å². The van der Waals surface area contributed by atoms with Gasteiger partial charge in [0.2, 0.25) is 11.8 Å². The van der Waals surface area contributed by atoms with Crippen molar-refractivity contribution in [2.24, 2.45) is 31.9 Å². The number of likely N-dealkylation sites (N-methyl/N-ethyl adjacent to an activating group) is 2. The molecule has 3 heterocycles. The minimum absolute atomic E-state index is 0.00436. The molecule has 0 saturated heterocycles. The quantitative estimate of drug-likeness (QED) is 0.231. The lowest BCUT2D eigenvalue weighted by atomic mass is 9.99. The van der Waals surface area contributed by atoms with Gasteiger partial charge in [0.15, 0.2) is 0 Å². The summed E-state index contributed by atoms with van der Waals surface area (Å²) in [4.78, 5) is 27.8. The predicted molar refractivity (Wildman–Crippen MR) is 167 cm³/mol. The Hall–Kier alpha value is -4.76. The Labute approximate surface area is 261 Å². The summed E-state index contributed by atoms with van der Waals surface area (Å²) in [6.07, 6.45) is 1.69. The van der Waals surface area contributed by atoms with Crippen LogP contribution < -0.4 is 25.8 Å². The lowest BCUT2D eigenvalue weighted by Gasteiger charge is -2.32. The van der Waals surface area contributed by atoms with E-state index in [-0.39, 0.29) is 50.0 Å². The van der Waals surface area contributed by atoms with Crippen LogP contribution in [0.15, 0.2) is 56.9 Å². The number of methoxy groups -OCH3 is 2. The van der Waals surface area contributed by atoms with E-state index >= 15 is 0 Å². The van der Waals surface area contributed by atoms with Gasteiger partial charge >= 0.3 is 11.9 Å². The van der Waals surface area contributed by atoms with Crippen molar-refractivity contribution in [2.75, 3.05) is 51.2 Å². The molecular formula is C30H40N11O4+. The molecule has 0 radical (unpaired) electrons. The number of fused-ring (bicyclic) bond motifs is 2. The predicted octanol–water partition coefficient (Wildman–Crippen LogP) is 2.77. The Bertz CT molecular complexity index is 1620. The average molecular weight is 619 g/mol. The minimum atomic E-state index is -0.504. The van der Waals surface area contributed by atoms with Gasteiger partial charge < -0.3 is 30.7 Å². The number of hydrogen-bond acceptors (Lipinski definition) is 11. The van der Waals surface area contributed by atoms with E-state index in [1.165, 1.54) is 4.68 Å². The molecule has 5 rings (SSSR count). The van der Waals surface area contributed by atoms with Crippen LogP contribution in [-0.4, -0.2) is 75.2 Å². The summed E-state index contributed by atoms with van der Waals surface area (Å²) >= 11 is 0. The Balaban J connectivity index is 1.50. The number of benzene rings is 2. The molecule has 0 aliphatic carbocycles. The molecule has 0 fully saturated rings. The summed E-state index contributed by atoms with van der Waals surface area (Å²) in [6, 6.07) is 11.7. The molecule has 2 aliphatic rings. The second kappa shape index (κ2) is 13.9. The summed E-state index contributed by atoms with van der Waals surface area (Å²) in [6.45, 7) is 1.87. The number of hydrogen-bond donors (Lipinski definition) is 2. The lowest BCUT2D eigenvalue weighted by molar-refractivity contribution is -0.671. The van der Waals surface area contributed by atoms with E-state index in [1.807, 2.05) is 50.5 Å². The molecule has 45 heavy (non-hydrogen) atoms. The maximum absolute atomic E-state index is 11.8. The van der Waals surface area contributed by atoms with Gasteiger partial charge in [-0.3, -0.25) is 9.59 Å². The highest BCUT2D eigenvalue weighted by atomic mass is 16.5. The number of nitrogens with zero attached hydrogens (tertiary/aromatic N) is 9. The SMILES string of the molecule is COC1Cc2cc(N=Nc3nn(CCC(N)=O)c(N=Nc4ccc5c(c4)CC(OC)CN5C)[n+]3CCC(N)=O)ccc2N(C)C1. The number of rotatable bonds is 12. The van der Waals surface area contributed by atoms with Crippen molar-refractivity contribution in [3.05, 3.63) is 47.5 Å². The Morgan fingerprint density at radius 1 is 0.844 bits per heavy atom. The third-order valence-corrected chi connectivity index (χ3v) is 8.05. The van der Waals surface area contributed by atoms with Crippen molar-refractivity contribution in [3.63, 3.8) is 0 Å². The molecule has 4 N–H and O–H groups in total. The van der Waals surface area contributed by atoms with Gasteiger partial charge in [0.25, 0.3) is 0 Å².